The number of nitrogens with one attached hydrogen (secondary N) is 1. The van der Waals surface area contributed by atoms with Gasteiger partial charge in [0.1, 0.15) is 4.88 Å². The van der Waals surface area contributed by atoms with E-state index >= 15 is 0 Å². The molecule has 0 aromatic carbocycles. The quantitative estimate of drug-likeness (QED) is 0.885. The number of hydrogen-bond acceptors (Lipinski definition) is 5. The number of aromatic nitrogens is 2. The van der Waals surface area contributed by atoms with Crippen molar-refractivity contribution in [1.82, 2.24) is 15.3 Å². The van der Waals surface area contributed by atoms with E-state index in [9.17, 15) is 4.79 Å². The topological polar surface area (TPSA) is 80.9 Å². The van der Waals surface area contributed by atoms with Crippen LogP contribution in [0.4, 0.5) is 5.13 Å². The fourth-order valence-corrected chi connectivity index (χ4v) is 2.36. The average Bonchev–Trinajstić information content (AvgIpc) is 2.69. The Kier molecular flexibility index (Phi) is 3.57. The number of carbonyl (C=O) groups is 1. The van der Waals surface area contributed by atoms with Gasteiger partial charge in [0.25, 0.3) is 5.91 Å². The van der Waals surface area contributed by atoms with Crippen molar-refractivity contribution in [3.63, 3.8) is 0 Å². The molecule has 0 saturated carbocycles. The van der Waals surface area contributed by atoms with Gasteiger partial charge in [-0.25, -0.2) is 4.98 Å². The second-order valence-electron chi connectivity index (χ2n) is 3.94. The van der Waals surface area contributed by atoms with Gasteiger partial charge in [0, 0.05) is 12.4 Å². The molecule has 0 aliphatic carbocycles. The third-order valence-electron chi connectivity index (χ3n) is 2.57. The Labute approximate surface area is 109 Å². The van der Waals surface area contributed by atoms with Crippen LogP contribution in [0.1, 0.15) is 33.9 Å². The fraction of sp³-hybridized carbons (Fsp3) is 0.250. The number of anilines is 1. The number of nitrogen functional groups attached to an aromatic ring is 1. The molecule has 2 heterocycles. The van der Waals surface area contributed by atoms with Crippen LogP contribution < -0.4 is 11.1 Å². The highest BCUT2D eigenvalue weighted by atomic mass is 32.1. The normalized spacial score (nSPS) is 12.1. The lowest BCUT2D eigenvalue weighted by Crippen LogP contribution is -2.26. The van der Waals surface area contributed by atoms with Gasteiger partial charge in [0.15, 0.2) is 5.13 Å². The number of nitrogens with zero attached hydrogens (tertiary/aromatic N) is 2. The van der Waals surface area contributed by atoms with E-state index in [0.29, 0.717) is 15.7 Å². The lowest BCUT2D eigenvalue weighted by molar-refractivity contribution is 0.0943. The summed E-state index contributed by atoms with van der Waals surface area (Å²) in [6, 6.07) is 3.67. The molecule has 0 fully saturated rings. The van der Waals surface area contributed by atoms with Crippen LogP contribution in [0.15, 0.2) is 24.5 Å². The summed E-state index contributed by atoms with van der Waals surface area (Å²) in [4.78, 5) is 20.6. The van der Waals surface area contributed by atoms with Gasteiger partial charge < -0.3 is 11.1 Å². The molecule has 1 amide bonds. The molecule has 6 heteroatoms. The highest BCUT2D eigenvalue weighted by Gasteiger charge is 2.16. The SMILES string of the molecule is Cc1nc(N)sc1C(=O)NC(C)c1ccncc1. The fourth-order valence-electron chi connectivity index (χ4n) is 1.63. The first-order valence-corrected chi connectivity index (χ1v) is 6.33. The van der Waals surface area contributed by atoms with E-state index in [4.69, 9.17) is 5.73 Å². The van der Waals surface area contributed by atoms with Gasteiger partial charge in [0.2, 0.25) is 0 Å². The molecule has 18 heavy (non-hydrogen) atoms. The number of amides is 1. The third-order valence-corrected chi connectivity index (χ3v) is 3.56. The van der Waals surface area contributed by atoms with Gasteiger partial charge in [-0.2, -0.15) is 0 Å². The van der Waals surface area contributed by atoms with Gasteiger partial charge in [0.05, 0.1) is 11.7 Å². The molecule has 0 saturated heterocycles. The second-order valence-corrected chi connectivity index (χ2v) is 4.97. The minimum Gasteiger partial charge on any atom is -0.375 e. The van der Waals surface area contributed by atoms with E-state index < -0.39 is 0 Å². The van der Waals surface area contributed by atoms with E-state index in [1.54, 1.807) is 19.3 Å². The van der Waals surface area contributed by atoms with Crippen LogP contribution in [0, 0.1) is 6.92 Å². The van der Waals surface area contributed by atoms with E-state index in [-0.39, 0.29) is 11.9 Å². The zero-order valence-electron chi connectivity index (χ0n) is 10.2. The maximum Gasteiger partial charge on any atom is 0.263 e. The maximum atomic E-state index is 12.1. The Morgan fingerprint density at radius 3 is 2.67 bits per heavy atom. The van der Waals surface area contributed by atoms with Crippen molar-refractivity contribution in [2.24, 2.45) is 0 Å². The summed E-state index contributed by atoms with van der Waals surface area (Å²) in [5.41, 5.74) is 7.25. The molecular formula is C12H14N4OS. The molecule has 5 nitrogen and oxygen atoms in total. The Morgan fingerprint density at radius 2 is 2.11 bits per heavy atom. The van der Waals surface area contributed by atoms with Crippen molar-refractivity contribution >= 4 is 22.4 Å². The van der Waals surface area contributed by atoms with Crippen molar-refractivity contribution in [2.75, 3.05) is 5.73 Å². The van der Waals surface area contributed by atoms with E-state index in [0.717, 1.165) is 5.56 Å². The highest BCUT2D eigenvalue weighted by Crippen LogP contribution is 2.20. The van der Waals surface area contributed by atoms with Gasteiger partial charge in [-0.1, -0.05) is 11.3 Å². The van der Waals surface area contributed by atoms with Crippen LogP contribution >= 0.6 is 11.3 Å². The van der Waals surface area contributed by atoms with Gasteiger partial charge in [-0.05, 0) is 31.5 Å². The predicted molar refractivity (Wildman–Crippen MR) is 71.4 cm³/mol. The largest absolute Gasteiger partial charge is 0.375 e. The Morgan fingerprint density at radius 1 is 1.44 bits per heavy atom. The second kappa shape index (κ2) is 5.14. The summed E-state index contributed by atoms with van der Waals surface area (Å²) in [5, 5.41) is 3.33. The summed E-state index contributed by atoms with van der Waals surface area (Å²) < 4.78 is 0. The summed E-state index contributed by atoms with van der Waals surface area (Å²) >= 11 is 1.20. The number of thiazole rings is 1. The number of carbonyl (C=O) groups excluding carboxylic acids is 1. The molecule has 2 rings (SSSR count). The van der Waals surface area contributed by atoms with Crippen molar-refractivity contribution in [3.05, 3.63) is 40.7 Å². The molecule has 1 unspecified atom stereocenters. The molecule has 0 spiro atoms. The van der Waals surface area contributed by atoms with Crippen LogP contribution in [0.5, 0.6) is 0 Å². The Balaban J connectivity index is 2.10. The molecule has 2 aromatic heterocycles. The predicted octanol–water partition coefficient (Wildman–Crippen LogP) is 1.92. The summed E-state index contributed by atoms with van der Waals surface area (Å²) in [5.74, 6) is -0.147. The van der Waals surface area contributed by atoms with Gasteiger partial charge >= 0.3 is 0 Å². The van der Waals surface area contributed by atoms with Crippen LogP contribution in [0.3, 0.4) is 0 Å². The lowest BCUT2D eigenvalue weighted by Gasteiger charge is -2.13. The number of rotatable bonds is 3. The summed E-state index contributed by atoms with van der Waals surface area (Å²) in [6.07, 6.45) is 3.40. The highest BCUT2D eigenvalue weighted by molar-refractivity contribution is 7.17. The lowest BCUT2D eigenvalue weighted by atomic mass is 10.1. The first kappa shape index (κ1) is 12.5. The Bertz CT molecular complexity index is 552. The van der Waals surface area contributed by atoms with Crippen molar-refractivity contribution in [2.45, 2.75) is 19.9 Å². The van der Waals surface area contributed by atoms with Gasteiger partial charge in [-0.15, -0.1) is 0 Å². The Hall–Kier alpha value is -1.95. The number of hydrogen-bond donors (Lipinski definition) is 2. The van der Waals surface area contributed by atoms with Crippen LogP contribution in [0.25, 0.3) is 0 Å². The van der Waals surface area contributed by atoms with Crippen LogP contribution in [-0.4, -0.2) is 15.9 Å². The third kappa shape index (κ3) is 2.65. The van der Waals surface area contributed by atoms with Crippen molar-refractivity contribution in [1.29, 1.82) is 0 Å². The van der Waals surface area contributed by atoms with E-state index in [2.05, 4.69) is 15.3 Å². The first-order valence-electron chi connectivity index (χ1n) is 5.51. The average molecular weight is 262 g/mol. The molecule has 0 radical (unpaired) electrons. The minimum absolute atomic E-state index is 0.0803. The summed E-state index contributed by atoms with van der Waals surface area (Å²) in [7, 11) is 0. The van der Waals surface area contributed by atoms with E-state index in [1.165, 1.54) is 11.3 Å². The zero-order valence-corrected chi connectivity index (χ0v) is 11.0. The van der Waals surface area contributed by atoms with Gasteiger partial charge in [-0.3, -0.25) is 9.78 Å². The molecule has 2 aromatic rings. The smallest absolute Gasteiger partial charge is 0.263 e. The molecular weight excluding hydrogens is 248 g/mol. The first-order chi connectivity index (χ1) is 8.58. The van der Waals surface area contributed by atoms with E-state index in [1.807, 2.05) is 19.1 Å². The number of aryl methyl sites for hydroxylation is 1. The molecule has 94 valence electrons. The zero-order chi connectivity index (χ0) is 13.1. The molecule has 1 atom stereocenters. The standard InChI is InChI=1S/C12H14N4OS/c1-7(9-3-5-14-6-4-9)15-11(17)10-8(2)16-12(13)18-10/h3-7H,1-2H3,(H2,13,16)(H,15,17). The maximum absolute atomic E-state index is 12.1. The van der Waals surface area contributed by atoms with Crippen LogP contribution in [0.2, 0.25) is 0 Å². The molecule has 3 N–H and O–H groups in total. The minimum atomic E-state index is -0.147. The molecule has 0 aliphatic heterocycles. The van der Waals surface area contributed by atoms with Crippen molar-refractivity contribution < 1.29 is 4.79 Å². The molecule has 0 bridgehead atoms. The monoisotopic (exact) mass is 262 g/mol. The molecule has 0 aliphatic rings. The number of pyridine rings is 1. The number of nitrogens with two attached hydrogens (primary N) is 1. The summed E-state index contributed by atoms with van der Waals surface area (Å²) in [6.45, 7) is 3.70. The van der Waals surface area contributed by atoms with Crippen molar-refractivity contribution in [3.8, 4) is 0 Å². The van der Waals surface area contributed by atoms with Crippen LogP contribution in [-0.2, 0) is 0 Å².